The average Bonchev–Trinajstić information content (AvgIpc) is 3.58. The van der Waals surface area contributed by atoms with Gasteiger partial charge >= 0.3 is 0 Å². The van der Waals surface area contributed by atoms with Gasteiger partial charge in [0, 0.05) is 81.2 Å². The molecule has 58 heavy (non-hydrogen) atoms. The second-order valence-electron chi connectivity index (χ2n) is 14.8. The Hall–Kier alpha value is -5.78. The van der Waals surface area contributed by atoms with Crippen LogP contribution in [-0.4, -0.2) is 95.5 Å². The van der Waals surface area contributed by atoms with E-state index in [0.717, 1.165) is 54.1 Å². The van der Waals surface area contributed by atoms with E-state index in [1.165, 1.54) is 10.5 Å². The molecule has 300 valence electrons. The number of anilines is 1. The van der Waals surface area contributed by atoms with E-state index in [9.17, 15) is 24.0 Å². The molecule has 0 spiro atoms. The molecule has 4 aromatic carbocycles. The topological polar surface area (TPSA) is 128 Å². The molecule has 11 nitrogen and oxygen atoms in total. The van der Waals surface area contributed by atoms with Crippen molar-refractivity contribution in [2.24, 2.45) is 0 Å². The SMILES string of the molecule is O=C1CCC(N2Cc3c(NC(=O)CCCC(=O)N4CCN(CCOc5ccc(/C(=C(/CCCl)c6ccccc6)c6ccccc6)cc5)CC4)cccc3C2=O)C(=O)N1. The number of nitrogens with one attached hydrogen (secondary N) is 2. The third-order valence-electron chi connectivity index (χ3n) is 11.0. The lowest BCUT2D eigenvalue weighted by atomic mass is 9.88. The smallest absolute Gasteiger partial charge is 0.255 e. The number of carbonyl (C=O) groups is 5. The van der Waals surface area contributed by atoms with Crippen LogP contribution in [0.4, 0.5) is 5.69 Å². The molecule has 1 atom stereocenters. The maximum absolute atomic E-state index is 13.1. The Morgan fingerprint density at radius 1 is 0.776 bits per heavy atom. The van der Waals surface area contributed by atoms with E-state index in [-0.39, 0.29) is 55.9 Å². The van der Waals surface area contributed by atoms with Crippen LogP contribution in [-0.2, 0) is 25.7 Å². The fourth-order valence-corrected chi connectivity index (χ4v) is 8.16. The van der Waals surface area contributed by atoms with Gasteiger partial charge in [0.15, 0.2) is 0 Å². The molecule has 3 aliphatic heterocycles. The van der Waals surface area contributed by atoms with Gasteiger partial charge in [0.1, 0.15) is 18.4 Å². The summed E-state index contributed by atoms with van der Waals surface area (Å²) in [6.45, 7) is 4.17. The van der Waals surface area contributed by atoms with Crippen molar-refractivity contribution in [3.05, 3.63) is 131 Å². The second-order valence-corrected chi connectivity index (χ2v) is 15.1. The summed E-state index contributed by atoms with van der Waals surface area (Å²) < 4.78 is 6.16. The van der Waals surface area contributed by atoms with E-state index in [4.69, 9.17) is 16.3 Å². The molecule has 5 amide bonds. The zero-order chi connectivity index (χ0) is 40.4. The Morgan fingerprint density at radius 3 is 2.16 bits per heavy atom. The van der Waals surface area contributed by atoms with Crippen LogP contribution in [0.1, 0.15) is 71.1 Å². The van der Waals surface area contributed by atoms with E-state index >= 15 is 0 Å². The highest BCUT2D eigenvalue weighted by Crippen LogP contribution is 2.36. The third kappa shape index (κ3) is 9.66. The number of halogens is 1. The lowest BCUT2D eigenvalue weighted by molar-refractivity contribution is -0.137. The first-order valence-electron chi connectivity index (χ1n) is 20.0. The number of allylic oxidation sites excluding steroid dienone is 1. The summed E-state index contributed by atoms with van der Waals surface area (Å²) >= 11 is 6.32. The molecule has 0 saturated carbocycles. The van der Waals surface area contributed by atoms with Gasteiger partial charge in [-0.25, -0.2) is 0 Å². The summed E-state index contributed by atoms with van der Waals surface area (Å²) in [5, 5.41) is 5.21. The van der Waals surface area contributed by atoms with Crippen LogP contribution in [0.5, 0.6) is 5.75 Å². The fourth-order valence-electron chi connectivity index (χ4n) is 7.97. The quantitative estimate of drug-likeness (QED) is 0.0813. The van der Waals surface area contributed by atoms with Gasteiger partial charge in [-0.2, -0.15) is 0 Å². The fraction of sp³-hybridized carbons (Fsp3) is 0.326. The molecule has 2 N–H and O–H groups in total. The molecule has 3 aliphatic rings. The standard InChI is InChI=1S/C46H48ClN5O6/c47-24-23-36(32-9-3-1-4-10-32)44(33-11-5-2-6-12-33)34-17-19-35(20-18-34)58-30-29-50-25-27-51(28-26-50)43(55)16-8-15-41(53)48-39-14-7-13-37-38(39)31-52(46(37)57)40-21-22-42(54)49-45(40)56/h1-7,9-14,17-20,40H,8,15-16,21-31H2,(H,48,53)(H,49,54,56)/b44-36-. The Morgan fingerprint density at radius 2 is 1.47 bits per heavy atom. The van der Waals surface area contributed by atoms with Crippen molar-refractivity contribution in [1.82, 2.24) is 20.0 Å². The van der Waals surface area contributed by atoms with Crippen molar-refractivity contribution in [1.29, 1.82) is 0 Å². The minimum absolute atomic E-state index is 0.0280. The zero-order valence-corrected chi connectivity index (χ0v) is 33.2. The number of piperidine rings is 1. The maximum Gasteiger partial charge on any atom is 0.255 e. The molecule has 2 saturated heterocycles. The normalized spacial score (nSPS) is 17.4. The summed E-state index contributed by atoms with van der Waals surface area (Å²) in [7, 11) is 0. The van der Waals surface area contributed by atoms with Gasteiger partial charge in [0.25, 0.3) is 5.91 Å². The number of fused-ring (bicyclic) bond motifs is 1. The molecule has 4 aromatic rings. The van der Waals surface area contributed by atoms with Crippen molar-refractivity contribution in [2.45, 2.75) is 51.1 Å². The Bertz CT molecular complexity index is 2150. The van der Waals surface area contributed by atoms with Crippen molar-refractivity contribution in [2.75, 3.05) is 50.5 Å². The zero-order valence-electron chi connectivity index (χ0n) is 32.5. The summed E-state index contributed by atoms with van der Waals surface area (Å²) in [6.07, 6.45) is 1.99. The number of hydrogen-bond acceptors (Lipinski definition) is 7. The summed E-state index contributed by atoms with van der Waals surface area (Å²) in [5.74, 6) is -0.0293. The number of carbonyl (C=O) groups excluding carboxylic acids is 5. The van der Waals surface area contributed by atoms with Gasteiger partial charge in [-0.1, -0.05) is 78.9 Å². The minimum atomic E-state index is -0.732. The monoisotopic (exact) mass is 801 g/mol. The number of rotatable bonds is 15. The molecule has 0 aromatic heterocycles. The first-order chi connectivity index (χ1) is 28.3. The predicted molar refractivity (Wildman–Crippen MR) is 224 cm³/mol. The number of imide groups is 1. The van der Waals surface area contributed by atoms with Crippen LogP contribution in [0.2, 0.25) is 0 Å². The Balaban J connectivity index is 0.841. The van der Waals surface area contributed by atoms with Gasteiger partial charge in [0.05, 0.1) is 0 Å². The lowest BCUT2D eigenvalue weighted by Crippen LogP contribution is -2.52. The Labute approximate surface area is 344 Å². The average molecular weight is 802 g/mol. The largest absolute Gasteiger partial charge is 0.492 e. The van der Waals surface area contributed by atoms with Crippen molar-refractivity contribution < 1.29 is 28.7 Å². The number of amides is 5. The minimum Gasteiger partial charge on any atom is -0.492 e. The highest BCUT2D eigenvalue weighted by Gasteiger charge is 2.40. The number of alkyl halides is 1. The van der Waals surface area contributed by atoms with E-state index in [0.29, 0.717) is 48.8 Å². The van der Waals surface area contributed by atoms with Crippen LogP contribution in [0.3, 0.4) is 0 Å². The highest BCUT2D eigenvalue weighted by molar-refractivity contribution is 6.18. The molecule has 2 fully saturated rings. The maximum atomic E-state index is 13.1. The number of ether oxygens (including phenoxy) is 1. The summed E-state index contributed by atoms with van der Waals surface area (Å²) in [6, 6.07) is 33.4. The first kappa shape index (κ1) is 40.4. The second kappa shape index (κ2) is 19.1. The molecule has 0 bridgehead atoms. The van der Waals surface area contributed by atoms with Gasteiger partial charge in [-0.05, 0) is 71.4 Å². The van der Waals surface area contributed by atoms with Gasteiger partial charge in [-0.15, -0.1) is 11.6 Å². The van der Waals surface area contributed by atoms with Crippen LogP contribution in [0.25, 0.3) is 11.1 Å². The number of hydrogen-bond donors (Lipinski definition) is 2. The van der Waals surface area contributed by atoms with E-state index < -0.39 is 11.9 Å². The lowest BCUT2D eigenvalue weighted by Gasteiger charge is -2.34. The van der Waals surface area contributed by atoms with Crippen LogP contribution < -0.4 is 15.4 Å². The molecular formula is C46H48ClN5O6. The molecule has 7 rings (SSSR count). The van der Waals surface area contributed by atoms with Crippen LogP contribution in [0, 0.1) is 0 Å². The molecule has 0 aliphatic carbocycles. The molecular weight excluding hydrogens is 754 g/mol. The van der Waals surface area contributed by atoms with Crippen LogP contribution >= 0.6 is 11.6 Å². The van der Waals surface area contributed by atoms with E-state index in [1.54, 1.807) is 18.2 Å². The van der Waals surface area contributed by atoms with Gasteiger partial charge in [-0.3, -0.25) is 34.2 Å². The molecule has 3 heterocycles. The molecule has 0 radical (unpaired) electrons. The molecule has 12 heteroatoms. The summed E-state index contributed by atoms with van der Waals surface area (Å²) in [4.78, 5) is 68.7. The Kier molecular flexibility index (Phi) is 13.3. The van der Waals surface area contributed by atoms with Gasteiger partial charge < -0.3 is 19.9 Å². The number of benzene rings is 4. The third-order valence-corrected chi connectivity index (χ3v) is 11.2. The first-order valence-corrected chi connectivity index (χ1v) is 20.5. The van der Waals surface area contributed by atoms with Gasteiger partial charge in [0.2, 0.25) is 23.6 Å². The van der Waals surface area contributed by atoms with Crippen molar-refractivity contribution in [3.8, 4) is 5.75 Å². The summed E-state index contributed by atoms with van der Waals surface area (Å²) in [5.41, 5.74) is 7.33. The molecule has 1 unspecified atom stereocenters. The van der Waals surface area contributed by atoms with Crippen molar-refractivity contribution >= 4 is 58.0 Å². The van der Waals surface area contributed by atoms with Crippen LogP contribution in [0.15, 0.2) is 103 Å². The number of nitrogens with zero attached hydrogens (tertiary/aromatic N) is 3. The van der Waals surface area contributed by atoms with E-state index in [2.05, 4.69) is 76.2 Å². The van der Waals surface area contributed by atoms with Crippen molar-refractivity contribution in [3.63, 3.8) is 0 Å². The van der Waals surface area contributed by atoms with E-state index in [1.807, 2.05) is 29.2 Å². The highest BCUT2D eigenvalue weighted by atomic mass is 35.5. The predicted octanol–water partition coefficient (Wildman–Crippen LogP) is 6.37. The number of piperazine rings is 1.